The molecule has 4 N–H and O–H groups in total. The number of rotatable bonds is 3. The summed E-state index contributed by atoms with van der Waals surface area (Å²) >= 11 is 0. The summed E-state index contributed by atoms with van der Waals surface area (Å²) in [5.74, 6) is -1.34. The zero-order valence-corrected chi connectivity index (χ0v) is 10.9. The third-order valence-electron chi connectivity index (χ3n) is 3.68. The summed E-state index contributed by atoms with van der Waals surface area (Å²) in [7, 11) is 0. The number of amides is 1. The highest BCUT2D eigenvalue weighted by molar-refractivity contribution is 6.04. The van der Waals surface area contributed by atoms with Crippen molar-refractivity contribution in [3.05, 3.63) is 29.3 Å². The van der Waals surface area contributed by atoms with Crippen LogP contribution in [0.4, 0.5) is 5.69 Å². The van der Waals surface area contributed by atoms with E-state index in [2.05, 4.69) is 5.32 Å². The van der Waals surface area contributed by atoms with Crippen molar-refractivity contribution in [3.63, 3.8) is 0 Å². The number of nitrogens with two attached hydrogens (primary N) is 1. The van der Waals surface area contributed by atoms with Crippen molar-refractivity contribution in [2.45, 2.75) is 38.1 Å². The van der Waals surface area contributed by atoms with Crippen molar-refractivity contribution in [1.29, 1.82) is 0 Å². The number of carboxylic acids is 1. The van der Waals surface area contributed by atoms with Crippen molar-refractivity contribution in [2.24, 2.45) is 5.73 Å². The van der Waals surface area contributed by atoms with Gasteiger partial charge in [0.05, 0.1) is 16.8 Å². The molecule has 0 aliphatic heterocycles. The first-order chi connectivity index (χ1) is 8.94. The van der Waals surface area contributed by atoms with E-state index in [0.29, 0.717) is 24.1 Å². The number of hydrogen-bond acceptors (Lipinski definition) is 3. The number of aromatic carboxylic acids is 1. The summed E-state index contributed by atoms with van der Waals surface area (Å²) in [5, 5.41) is 11.9. The molecule has 0 atom stereocenters. The van der Waals surface area contributed by atoms with Crippen LogP contribution >= 0.6 is 0 Å². The normalized spacial score (nSPS) is 17.2. The second-order valence-electron chi connectivity index (χ2n) is 5.12. The summed E-state index contributed by atoms with van der Waals surface area (Å²) in [5.41, 5.74) is 6.24. The predicted molar refractivity (Wildman–Crippen MR) is 72.2 cm³/mol. The molecule has 19 heavy (non-hydrogen) atoms. The molecule has 0 radical (unpaired) electrons. The van der Waals surface area contributed by atoms with Gasteiger partial charge in [-0.2, -0.15) is 0 Å². The second kappa shape index (κ2) is 5.01. The van der Waals surface area contributed by atoms with E-state index in [4.69, 9.17) is 5.73 Å². The first kappa shape index (κ1) is 13.5. The molecule has 0 spiro atoms. The standard InChI is InChI=1S/C14H18N2O3/c1-9-5-4-6-10(11(9)12(17)18)16-13(19)14(15)7-2-3-8-14/h4-6H,2-3,7-8,15H2,1H3,(H,16,19)(H,17,18). The van der Waals surface area contributed by atoms with Gasteiger partial charge in [0, 0.05) is 0 Å². The molecule has 1 amide bonds. The maximum absolute atomic E-state index is 12.2. The number of aryl methyl sites for hydroxylation is 1. The van der Waals surface area contributed by atoms with Gasteiger partial charge in [-0.1, -0.05) is 25.0 Å². The van der Waals surface area contributed by atoms with Gasteiger partial charge < -0.3 is 16.2 Å². The highest BCUT2D eigenvalue weighted by atomic mass is 16.4. The highest BCUT2D eigenvalue weighted by Crippen LogP contribution is 2.29. The molecular formula is C14H18N2O3. The van der Waals surface area contributed by atoms with E-state index in [-0.39, 0.29) is 11.5 Å². The number of carbonyl (C=O) groups is 2. The Morgan fingerprint density at radius 1 is 1.32 bits per heavy atom. The third kappa shape index (κ3) is 2.61. The number of nitrogens with one attached hydrogen (secondary N) is 1. The Morgan fingerprint density at radius 3 is 2.53 bits per heavy atom. The molecule has 1 aromatic carbocycles. The van der Waals surface area contributed by atoms with Crippen LogP contribution in [-0.4, -0.2) is 22.5 Å². The van der Waals surface area contributed by atoms with E-state index in [0.717, 1.165) is 12.8 Å². The molecule has 0 aromatic heterocycles. The maximum atomic E-state index is 12.2. The zero-order valence-electron chi connectivity index (χ0n) is 10.9. The van der Waals surface area contributed by atoms with E-state index in [1.807, 2.05) is 0 Å². The lowest BCUT2D eigenvalue weighted by molar-refractivity contribution is -0.121. The molecule has 0 bridgehead atoms. The van der Waals surface area contributed by atoms with Crippen LogP contribution in [0, 0.1) is 6.92 Å². The van der Waals surface area contributed by atoms with Gasteiger partial charge in [0.2, 0.25) is 5.91 Å². The fourth-order valence-corrected chi connectivity index (χ4v) is 2.54. The molecule has 2 rings (SSSR count). The number of carbonyl (C=O) groups excluding carboxylic acids is 1. The molecule has 5 heteroatoms. The molecule has 5 nitrogen and oxygen atoms in total. The minimum absolute atomic E-state index is 0.123. The van der Waals surface area contributed by atoms with Crippen molar-refractivity contribution in [3.8, 4) is 0 Å². The van der Waals surface area contributed by atoms with Crippen molar-refractivity contribution >= 4 is 17.6 Å². The number of hydrogen-bond donors (Lipinski definition) is 3. The van der Waals surface area contributed by atoms with Crippen LogP contribution in [0.1, 0.15) is 41.6 Å². The van der Waals surface area contributed by atoms with Crippen LogP contribution in [0.2, 0.25) is 0 Å². The number of benzene rings is 1. The van der Waals surface area contributed by atoms with Crippen LogP contribution in [0.5, 0.6) is 0 Å². The molecule has 1 aliphatic carbocycles. The Morgan fingerprint density at radius 2 is 1.95 bits per heavy atom. The van der Waals surface area contributed by atoms with Gasteiger partial charge in [0.15, 0.2) is 0 Å². The predicted octanol–water partition coefficient (Wildman–Crippen LogP) is 1.90. The molecular weight excluding hydrogens is 244 g/mol. The molecule has 0 saturated heterocycles. The van der Waals surface area contributed by atoms with Crippen LogP contribution in [0.25, 0.3) is 0 Å². The van der Waals surface area contributed by atoms with Crippen molar-refractivity contribution in [1.82, 2.24) is 0 Å². The topological polar surface area (TPSA) is 92.4 Å². The SMILES string of the molecule is Cc1cccc(NC(=O)C2(N)CCCC2)c1C(=O)O. The van der Waals surface area contributed by atoms with E-state index in [1.54, 1.807) is 25.1 Å². The minimum Gasteiger partial charge on any atom is -0.478 e. The Kier molecular flexibility index (Phi) is 3.57. The highest BCUT2D eigenvalue weighted by Gasteiger charge is 2.37. The zero-order chi connectivity index (χ0) is 14.0. The van der Waals surface area contributed by atoms with Gasteiger partial charge in [-0.3, -0.25) is 4.79 Å². The van der Waals surface area contributed by atoms with E-state index in [1.165, 1.54) is 0 Å². The molecule has 1 aliphatic rings. The first-order valence-corrected chi connectivity index (χ1v) is 6.37. The lowest BCUT2D eigenvalue weighted by Crippen LogP contribution is -2.48. The Balaban J connectivity index is 2.26. The minimum atomic E-state index is -1.05. The molecule has 0 heterocycles. The van der Waals surface area contributed by atoms with Gasteiger partial charge in [-0.05, 0) is 31.4 Å². The summed E-state index contributed by atoms with van der Waals surface area (Å²) in [6.07, 6.45) is 3.16. The molecule has 0 unspecified atom stereocenters. The fourth-order valence-electron chi connectivity index (χ4n) is 2.54. The quantitative estimate of drug-likeness (QED) is 0.775. The molecule has 1 saturated carbocycles. The van der Waals surface area contributed by atoms with Crippen LogP contribution in [0.3, 0.4) is 0 Å². The van der Waals surface area contributed by atoms with E-state index < -0.39 is 11.5 Å². The average Bonchev–Trinajstić information content (AvgIpc) is 2.77. The van der Waals surface area contributed by atoms with E-state index >= 15 is 0 Å². The van der Waals surface area contributed by atoms with Crippen molar-refractivity contribution < 1.29 is 14.7 Å². The largest absolute Gasteiger partial charge is 0.478 e. The second-order valence-corrected chi connectivity index (χ2v) is 5.12. The van der Waals surface area contributed by atoms with Crippen LogP contribution in [-0.2, 0) is 4.79 Å². The number of carboxylic acid groups (broad SMARTS) is 1. The van der Waals surface area contributed by atoms with Crippen molar-refractivity contribution in [2.75, 3.05) is 5.32 Å². The third-order valence-corrected chi connectivity index (χ3v) is 3.68. The summed E-state index contributed by atoms with van der Waals surface area (Å²) < 4.78 is 0. The summed E-state index contributed by atoms with van der Waals surface area (Å²) in [6, 6.07) is 5.01. The maximum Gasteiger partial charge on any atom is 0.338 e. The van der Waals surface area contributed by atoms with Gasteiger partial charge >= 0.3 is 5.97 Å². The Bertz CT molecular complexity index is 519. The van der Waals surface area contributed by atoms with E-state index in [9.17, 15) is 14.7 Å². The molecule has 102 valence electrons. The number of anilines is 1. The van der Waals surface area contributed by atoms with Gasteiger partial charge in [0.1, 0.15) is 0 Å². The lowest BCUT2D eigenvalue weighted by atomic mass is 9.97. The Labute approximate surface area is 111 Å². The smallest absolute Gasteiger partial charge is 0.338 e. The molecule has 1 aromatic rings. The van der Waals surface area contributed by atoms with Crippen LogP contribution in [0.15, 0.2) is 18.2 Å². The lowest BCUT2D eigenvalue weighted by Gasteiger charge is -2.23. The first-order valence-electron chi connectivity index (χ1n) is 6.37. The van der Waals surface area contributed by atoms with Gasteiger partial charge in [-0.25, -0.2) is 4.79 Å². The average molecular weight is 262 g/mol. The summed E-state index contributed by atoms with van der Waals surface area (Å²) in [4.78, 5) is 23.4. The Hall–Kier alpha value is -1.88. The summed E-state index contributed by atoms with van der Waals surface area (Å²) in [6.45, 7) is 1.70. The van der Waals surface area contributed by atoms with Crippen LogP contribution < -0.4 is 11.1 Å². The van der Waals surface area contributed by atoms with Gasteiger partial charge in [0.25, 0.3) is 0 Å². The molecule has 1 fully saturated rings. The monoisotopic (exact) mass is 262 g/mol. The van der Waals surface area contributed by atoms with Gasteiger partial charge in [-0.15, -0.1) is 0 Å². The fraction of sp³-hybridized carbons (Fsp3) is 0.429.